The van der Waals surface area contributed by atoms with E-state index in [1.54, 1.807) is 11.0 Å². The van der Waals surface area contributed by atoms with E-state index in [1.165, 1.54) is 0 Å². The molecule has 23 heavy (non-hydrogen) atoms. The molecule has 2 aromatic rings. The van der Waals surface area contributed by atoms with Crippen LogP contribution in [0.5, 0.6) is 0 Å². The van der Waals surface area contributed by atoms with Crippen molar-refractivity contribution in [2.75, 3.05) is 6.54 Å². The number of likely N-dealkylation sites (tertiary alicyclic amines) is 1. The van der Waals surface area contributed by atoms with E-state index in [4.69, 9.17) is 11.5 Å². The second kappa shape index (κ2) is 6.08. The molecular formula is C17H18N4O2. The minimum absolute atomic E-state index is 0.169. The van der Waals surface area contributed by atoms with E-state index in [0.717, 1.165) is 17.2 Å². The number of hydrogen-bond donors (Lipinski definition) is 2. The van der Waals surface area contributed by atoms with Gasteiger partial charge in [0.25, 0.3) is 11.8 Å². The van der Waals surface area contributed by atoms with Gasteiger partial charge < -0.3 is 16.4 Å². The zero-order valence-electron chi connectivity index (χ0n) is 12.6. The third-order valence-electron chi connectivity index (χ3n) is 4.03. The largest absolute Gasteiger partial charge is 0.370 e. The summed E-state index contributed by atoms with van der Waals surface area (Å²) in [6.07, 6.45) is 1.34. The summed E-state index contributed by atoms with van der Waals surface area (Å²) in [5.74, 6) is -0.908. The summed E-state index contributed by atoms with van der Waals surface area (Å²) < 4.78 is 0. The average Bonchev–Trinajstić information content (AvgIpc) is 3.02. The third-order valence-corrected chi connectivity index (χ3v) is 4.03. The van der Waals surface area contributed by atoms with Crippen molar-refractivity contribution in [2.45, 2.75) is 18.9 Å². The molecule has 118 valence electrons. The second-order valence-electron chi connectivity index (χ2n) is 5.59. The van der Waals surface area contributed by atoms with Crippen molar-refractivity contribution in [3.63, 3.8) is 0 Å². The minimum Gasteiger partial charge on any atom is -0.370 e. The molecule has 1 atom stereocenters. The summed E-state index contributed by atoms with van der Waals surface area (Å²) in [5, 5.41) is 2.06. The van der Waals surface area contributed by atoms with Crippen molar-refractivity contribution in [1.29, 1.82) is 0 Å². The fraction of sp³-hybridized carbons (Fsp3) is 0.235. The number of hydrogen-bond acceptors (Lipinski definition) is 2. The van der Waals surface area contributed by atoms with Gasteiger partial charge in [0, 0.05) is 12.1 Å². The van der Waals surface area contributed by atoms with Gasteiger partial charge in [0.1, 0.15) is 6.04 Å². The van der Waals surface area contributed by atoms with Gasteiger partial charge in [-0.3, -0.25) is 9.59 Å². The van der Waals surface area contributed by atoms with Crippen molar-refractivity contribution >= 4 is 28.5 Å². The number of guanidine groups is 1. The van der Waals surface area contributed by atoms with Gasteiger partial charge in [0.2, 0.25) is 0 Å². The molecule has 0 spiro atoms. The summed E-state index contributed by atoms with van der Waals surface area (Å²) in [5.41, 5.74) is 11.1. The van der Waals surface area contributed by atoms with Crippen molar-refractivity contribution in [1.82, 2.24) is 4.90 Å². The number of fused-ring (bicyclic) bond motifs is 1. The fourth-order valence-electron chi connectivity index (χ4n) is 2.96. The smallest absolute Gasteiger partial charge is 0.271 e. The van der Waals surface area contributed by atoms with Crippen LogP contribution in [0.3, 0.4) is 0 Å². The molecule has 0 saturated carbocycles. The summed E-state index contributed by atoms with van der Waals surface area (Å²) in [7, 11) is 0. The van der Waals surface area contributed by atoms with Gasteiger partial charge in [-0.15, -0.1) is 0 Å². The summed E-state index contributed by atoms with van der Waals surface area (Å²) in [6.45, 7) is 0.530. The standard InChI is InChI=1S/C17H18N4O2/c18-17(19)20-15(22)14-6-3-9-21(14)16(23)13-8-7-11-4-1-2-5-12(11)10-13/h1-2,4-5,7-8,10,14H,3,6,9H2,(H4,18,19,20,22). The number of rotatable bonds is 2. The molecule has 1 fully saturated rings. The predicted octanol–water partition coefficient (Wildman–Crippen LogP) is 1.24. The van der Waals surface area contributed by atoms with E-state index >= 15 is 0 Å². The first-order chi connectivity index (χ1) is 11.1. The molecule has 4 N–H and O–H groups in total. The molecule has 1 aliphatic rings. The van der Waals surface area contributed by atoms with Gasteiger partial charge >= 0.3 is 0 Å². The minimum atomic E-state index is -0.587. The highest BCUT2D eigenvalue weighted by molar-refractivity contribution is 6.02. The van der Waals surface area contributed by atoms with Crippen LogP contribution in [0, 0.1) is 0 Å². The summed E-state index contributed by atoms with van der Waals surface area (Å²) in [6, 6.07) is 12.8. The Hall–Kier alpha value is -2.89. The van der Waals surface area contributed by atoms with Gasteiger partial charge in [-0.25, -0.2) is 0 Å². The van der Waals surface area contributed by atoms with E-state index in [1.807, 2.05) is 36.4 Å². The zero-order chi connectivity index (χ0) is 16.4. The lowest BCUT2D eigenvalue weighted by molar-refractivity contribution is -0.121. The Labute approximate surface area is 133 Å². The molecular weight excluding hydrogens is 292 g/mol. The molecule has 0 aliphatic carbocycles. The van der Waals surface area contributed by atoms with E-state index in [-0.39, 0.29) is 11.9 Å². The number of amides is 2. The van der Waals surface area contributed by atoms with Crippen molar-refractivity contribution in [3.8, 4) is 0 Å². The van der Waals surface area contributed by atoms with Crippen LogP contribution in [0.4, 0.5) is 0 Å². The van der Waals surface area contributed by atoms with Gasteiger partial charge in [-0.1, -0.05) is 30.3 Å². The van der Waals surface area contributed by atoms with Crippen molar-refractivity contribution < 1.29 is 9.59 Å². The van der Waals surface area contributed by atoms with E-state index in [2.05, 4.69) is 4.99 Å². The number of aliphatic imine (C=N–C) groups is 1. The van der Waals surface area contributed by atoms with Gasteiger partial charge in [0.05, 0.1) is 0 Å². The number of carbonyl (C=O) groups is 2. The summed E-state index contributed by atoms with van der Waals surface area (Å²) in [4.78, 5) is 30.0. The van der Waals surface area contributed by atoms with Crippen molar-refractivity contribution in [3.05, 3.63) is 48.0 Å². The fourth-order valence-corrected chi connectivity index (χ4v) is 2.96. The number of carbonyl (C=O) groups excluding carboxylic acids is 2. The lowest BCUT2D eigenvalue weighted by Gasteiger charge is -2.22. The van der Waals surface area contributed by atoms with Crippen LogP contribution in [0.1, 0.15) is 23.2 Å². The molecule has 0 bridgehead atoms. The van der Waals surface area contributed by atoms with Crippen LogP contribution in [0.25, 0.3) is 10.8 Å². The Morgan fingerprint density at radius 1 is 1.09 bits per heavy atom. The topological polar surface area (TPSA) is 102 Å². The first-order valence-corrected chi connectivity index (χ1v) is 7.49. The highest BCUT2D eigenvalue weighted by Gasteiger charge is 2.34. The maximum atomic E-state index is 12.8. The Balaban J connectivity index is 1.88. The number of nitrogens with zero attached hydrogens (tertiary/aromatic N) is 2. The molecule has 0 radical (unpaired) electrons. The monoisotopic (exact) mass is 310 g/mol. The highest BCUT2D eigenvalue weighted by Crippen LogP contribution is 2.23. The van der Waals surface area contributed by atoms with Crippen molar-refractivity contribution in [2.24, 2.45) is 16.5 Å². The molecule has 6 nitrogen and oxygen atoms in total. The molecule has 1 heterocycles. The predicted molar refractivity (Wildman–Crippen MR) is 88.8 cm³/mol. The van der Waals surface area contributed by atoms with E-state index in [0.29, 0.717) is 18.5 Å². The molecule has 1 aliphatic heterocycles. The first-order valence-electron chi connectivity index (χ1n) is 7.49. The quantitative estimate of drug-likeness (QED) is 0.643. The Morgan fingerprint density at radius 3 is 2.57 bits per heavy atom. The Bertz CT molecular complexity index is 796. The summed E-state index contributed by atoms with van der Waals surface area (Å²) >= 11 is 0. The first kappa shape index (κ1) is 15.0. The van der Waals surface area contributed by atoms with Gasteiger partial charge in [-0.05, 0) is 35.7 Å². The molecule has 0 aromatic heterocycles. The molecule has 3 rings (SSSR count). The van der Waals surface area contributed by atoms with Crippen LogP contribution in [-0.2, 0) is 4.79 Å². The zero-order valence-corrected chi connectivity index (χ0v) is 12.6. The van der Waals surface area contributed by atoms with Crippen LogP contribution < -0.4 is 11.5 Å². The van der Waals surface area contributed by atoms with Crippen LogP contribution in [-0.4, -0.2) is 35.3 Å². The maximum absolute atomic E-state index is 12.8. The second-order valence-corrected chi connectivity index (χ2v) is 5.59. The molecule has 1 unspecified atom stereocenters. The van der Waals surface area contributed by atoms with Crippen LogP contribution in [0.15, 0.2) is 47.5 Å². The van der Waals surface area contributed by atoms with Gasteiger partial charge in [0.15, 0.2) is 5.96 Å². The van der Waals surface area contributed by atoms with Crippen LogP contribution >= 0.6 is 0 Å². The van der Waals surface area contributed by atoms with E-state index < -0.39 is 11.9 Å². The normalized spacial score (nSPS) is 17.2. The lowest BCUT2D eigenvalue weighted by Crippen LogP contribution is -2.41. The molecule has 1 saturated heterocycles. The SMILES string of the molecule is NC(N)=NC(=O)C1CCCN1C(=O)c1ccc2ccccc2c1. The number of benzene rings is 2. The average molecular weight is 310 g/mol. The Kier molecular flexibility index (Phi) is 3.97. The third kappa shape index (κ3) is 3.01. The molecule has 2 amide bonds. The molecule has 2 aromatic carbocycles. The lowest BCUT2D eigenvalue weighted by atomic mass is 10.1. The van der Waals surface area contributed by atoms with Gasteiger partial charge in [-0.2, -0.15) is 4.99 Å². The maximum Gasteiger partial charge on any atom is 0.271 e. The Morgan fingerprint density at radius 2 is 1.83 bits per heavy atom. The number of nitrogens with two attached hydrogens (primary N) is 2. The molecule has 6 heteroatoms. The highest BCUT2D eigenvalue weighted by atomic mass is 16.2. The van der Waals surface area contributed by atoms with Crippen LogP contribution in [0.2, 0.25) is 0 Å². The van der Waals surface area contributed by atoms with E-state index in [9.17, 15) is 9.59 Å².